The van der Waals surface area contributed by atoms with Crippen molar-refractivity contribution in [3.05, 3.63) is 34.5 Å². The Morgan fingerprint density at radius 1 is 1.50 bits per heavy atom. The predicted octanol–water partition coefficient (Wildman–Crippen LogP) is 2.53. The number of aryl methyl sites for hydroxylation is 2. The molecule has 0 radical (unpaired) electrons. The number of hydrogen-bond donors (Lipinski definition) is 2. The Bertz CT molecular complexity index is 510. The predicted molar refractivity (Wildman–Crippen MR) is 59.7 cm³/mol. The molecule has 2 rings (SSSR count). The molecule has 84 valence electrons. The Balaban J connectivity index is 2.20. The second-order valence-electron chi connectivity index (χ2n) is 3.37. The number of aromatic amines is 1. The molecule has 0 bridgehead atoms. The van der Waals surface area contributed by atoms with Crippen molar-refractivity contribution in [3.63, 3.8) is 0 Å². The van der Waals surface area contributed by atoms with Gasteiger partial charge in [0.05, 0.1) is 17.1 Å². The maximum Gasteiger partial charge on any atom is 0.291 e. The minimum atomic E-state index is -0.348. The fourth-order valence-electron chi connectivity index (χ4n) is 1.35. The van der Waals surface area contributed by atoms with Gasteiger partial charge in [0.15, 0.2) is 11.0 Å². The molecule has 0 atom stereocenters. The number of aromatic nitrogens is 2. The third-order valence-electron chi connectivity index (χ3n) is 2.16. The van der Waals surface area contributed by atoms with E-state index in [9.17, 15) is 4.79 Å². The molecule has 2 N–H and O–H groups in total. The third-order valence-corrected chi connectivity index (χ3v) is 2.37. The van der Waals surface area contributed by atoms with Crippen LogP contribution in [-0.4, -0.2) is 16.1 Å². The zero-order valence-corrected chi connectivity index (χ0v) is 9.55. The maximum atomic E-state index is 11.7. The molecule has 0 saturated carbocycles. The first-order valence-corrected chi connectivity index (χ1v) is 5.04. The number of furan rings is 1. The molecular weight excluding hydrogens is 230 g/mol. The van der Waals surface area contributed by atoms with E-state index in [0.717, 1.165) is 11.4 Å². The molecule has 0 aliphatic carbocycles. The fourth-order valence-corrected chi connectivity index (χ4v) is 1.49. The average Bonchev–Trinajstić information content (AvgIpc) is 2.79. The van der Waals surface area contributed by atoms with Crippen molar-refractivity contribution < 1.29 is 9.21 Å². The molecule has 2 heterocycles. The van der Waals surface area contributed by atoms with Crippen molar-refractivity contribution in [2.45, 2.75) is 13.8 Å². The van der Waals surface area contributed by atoms with Gasteiger partial charge >= 0.3 is 0 Å². The molecule has 0 unspecified atom stereocenters. The summed E-state index contributed by atoms with van der Waals surface area (Å²) in [5, 5.41) is 9.64. The minimum Gasteiger partial charge on any atom is -0.440 e. The van der Waals surface area contributed by atoms with E-state index in [0.29, 0.717) is 5.69 Å². The van der Waals surface area contributed by atoms with Crippen LogP contribution in [0.4, 0.5) is 5.69 Å². The first-order chi connectivity index (χ1) is 7.58. The van der Waals surface area contributed by atoms with Crippen LogP contribution in [0.5, 0.6) is 0 Å². The van der Waals surface area contributed by atoms with Gasteiger partial charge in [-0.1, -0.05) is 0 Å². The van der Waals surface area contributed by atoms with Gasteiger partial charge in [0, 0.05) is 0 Å². The molecule has 0 aromatic carbocycles. The van der Waals surface area contributed by atoms with E-state index >= 15 is 0 Å². The summed E-state index contributed by atoms with van der Waals surface area (Å²) in [7, 11) is 0. The molecule has 0 fully saturated rings. The number of nitrogens with zero attached hydrogens (tertiary/aromatic N) is 1. The number of nitrogens with one attached hydrogen (secondary N) is 2. The van der Waals surface area contributed by atoms with Gasteiger partial charge in [-0.15, -0.1) is 0 Å². The van der Waals surface area contributed by atoms with Gasteiger partial charge in [-0.3, -0.25) is 9.89 Å². The lowest BCUT2D eigenvalue weighted by atomic mass is 10.3. The molecular formula is C10H10ClN3O2. The highest BCUT2D eigenvalue weighted by Crippen LogP contribution is 2.19. The summed E-state index contributed by atoms with van der Waals surface area (Å²) in [5.41, 5.74) is 2.18. The van der Waals surface area contributed by atoms with Gasteiger partial charge in [-0.2, -0.15) is 5.10 Å². The van der Waals surface area contributed by atoms with Gasteiger partial charge in [0.25, 0.3) is 5.91 Å². The number of anilines is 1. The lowest BCUT2D eigenvalue weighted by Gasteiger charge is -2.02. The van der Waals surface area contributed by atoms with Gasteiger partial charge in [0.2, 0.25) is 0 Å². The van der Waals surface area contributed by atoms with Crippen molar-refractivity contribution in [2.24, 2.45) is 0 Å². The number of carbonyl (C=O) groups excluding carboxylic acids is 1. The summed E-state index contributed by atoms with van der Waals surface area (Å²) in [6.45, 7) is 3.62. The van der Waals surface area contributed by atoms with Gasteiger partial charge in [-0.25, -0.2) is 0 Å². The molecule has 0 aliphatic rings. The van der Waals surface area contributed by atoms with Crippen LogP contribution in [0.15, 0.2) is 16.5 Å². The lowest BCUT2D eigenvalue weighted by Crippen LogP contribution is -2.11. The summed E-state index contributed by atoms with van der Waals surface area (Å²) in [6.07, 6.45) is 0. The van der Waals surface area contributed by atoms with Gasteiger partial charge in [0.1, 0.15) is 0 Å². The highest BCUT2D eigenvalue weighted by molar-refractivity contribution is 6.29. The van der Waals surface area contributed by atoms with E-state index in [1.807, 2.05) is 6.92 Å². The Kier molecular flexibility index (Phi) is 2.70. The van der Waals surface area contributed by atoms with E-state index in [1.54, 1.807) is 6.92 Å². The number of amides is 1. The van der Waals surface area contributed by atoms with Crippen LogP contribution >= 0.6 is 11.6 Å². The smallest absolute Gasteiger partial charge is 0.291 e. The van der Waals surface area contributed by atoms with Crippen LogP contribution in [0.3, 0.4) is 0 Å². The summed E-state index contributed by atoms with van der Waals surface area (Å²) in [4.78, 5) is 11.7. The zero-order chi connectivity index (χ0) is 11.7. The standard InChI is InChI=1S/C10H10ClN3O2/c1-5-9(6(2)14-13-5)12-10(15)7-3-4-8(11)16-7/h3-4H,1-2H3,(H,12,15)(H,13,14). The highest BCUT2D eigenvalue weighted by Gasteiger charge is 2.14. The van der Waals surface area contributed by atoms with Crippen LogP contribution in [0, 0.1) is 13.8 Å². The molecule has 2 aromatic rings. The molecule has 6 heteroatoms. The van der Waals surface area contributed by atoms with Crippen LogP contribution in [0.1, 0.15) is 21.9 Å². The molecule has 0 aliphatic heterocycles. The van der Waals surface area contributed by atoms with Crippen LogP contribution in [0.2, 0.25) is 5.22 Å². The van der Waals surface area contributed by atoms with E-state index in [2.05, 4.69) is 15.5 Å². The molecule has 0 spiro atoms. The quantitative estimate of drug-likeness (QED) is 0.846. The number of halogens is 1. The van der Waals surface area contributed by atoms with Crippen molar-refractivity contribution in [1.82, 2.24) is 10.2 Å². The molecule has 5 nitrogen and oxygen atoms in total. The Labute approximate surface area is 96.8 Å². The van der Waals surface area contributed by atoms with E-state index in [-0.39, 0.29) is 16.9 Å². The van der Waals surface area contributed by atoms with Crippen LogP contribution in [-0.2, 0) is 0 Å². The summed E-state index contributed by atoms with van der Waals surface area (Å²) >= 11 is 5.58. The average molecular weight is 240 g/mol. The maximum absolute atomic E-state index is 11.7. The van der Waals surface area contributed by atoms with E-state index < -0.39 is 0 Å². The first kappa shape index (κ1) is 10.8. The normalized spacial score (nSPS) is 10.4. The molecule has 2 aromatic heterocycles. The summed E-state index contributed by atoms with van der Waals surface area (Å²) in [6, 6.07) is 3.04. The minimum absolute atomic E-state index is 0.171. The Morgan fingerprint density at radius 2 is 2.25 bits per heavy atom. The topological polar surface area (TPSA) is 70.9 Å². The van der Waals surface area contributed by atoms with E-state index in [1.165, 1.54) is 12.1 Å². The van der Waals surface area contributed by atoms with Gasteiger partial charge in [-0.05, 0) is 37.6 Å². The number of rotatable bonds is 2. The highest BCUT2D eigenvalue weighted by atomic mass is 35.5. The van der Waals surface area contributed by atoms with Crippen molar-refractivity contribution >= 4 is 23.2 Å². The zero-order valence-electron chi connectivity index (χ0n) is 8.80. The number of carbonyl (C=O) groups is 1. The van der Waals surface area contributed by atoms with Crippen molar-refractivity contribution in [3.8, 4) is 0 Å². The third kappa shape index (κ3) is 1.94. The number of H-pyrrole nitrogens is 1. The molecule has 0 saturated heterocycles. The fraction of sp³-hybridized carbons (Fsp3) is 0.200. The summed E-state index contributed by atoms with van der Waals surface area (Å²) in [5.74, 6) is -0.176. The number of hydrogen-bond acceptors (Lipinski definition) is 3. The Hall–Kier alpha value is -1.75. The SMILES string of the molecule is Cc1n[nH]c(C)c1NC(=O)c1ccc(Cl)o1. The largest absolute Gasteiger partial charge is 0.440 e. The van der Waals surface area contributed by atoms with Crippen LogP contribution in [0.25, 0.3) is 0 Å². The van der Waals surface area contributed by atoms with Gasteiger partial charge < -0.3 is 9.73 Å². The van der Waals surface area contributed by atoms with E-state index in [4.69, 9.17) is 16.0 Å². The van der Waals surface area contributed by atoms with Crippen molar-refractivity contribution in [2.75, 3.05) is 5.32 Å². The lowest BCUT2D eigenvalue weighted by molar-refractivity contribution is 0.0996. The molecule has 1 amide bonds. The Morgan fingerprint density at radius 3 is 2.75 bits per heavy atom. The van der Waals surface area contributed by atoms with Crippen molar-refractivity contribution in [1.29, 1.82) is 0 Å². The second kappa shape index (κ2) is 4.02. The first-order valence-electron chi connectivity index (χ1n) is 4.66. The monoisotopic (exact) mass is 239 g/mol. The molecule has 16 heavy (non-hydrogen) atoms. The summed E-state index contributed by atoms with van der Waals surface area (Å²) < 4.78 is 5.00. The second-order valence-corrected chi connectivity index (χ2v) is 3.74. The van der Waals surface area contributed by atoms with Crippen LogP contribution < -0.4 is 5.32 Å².